The number of likely N-dealkylation sites (tertiary alicyclic amines) is 1. The number of piperidine rings is 1. The summed E-state index contributed by atoms with van der Waals surface area (Å²) in [7, 11) is 0. The molecule has 0 saturated carbocycles. The highest BCUT2D eigenvalue weighted by molar-refractivity contribution is 5.85. The normalized spacial score (nSPS) is 20.5. The monoisotopic (exact) mass is 288 g/mol. The minimum atomic E-state index is 0. The van der Waals surface area contributed by atoms with Crippen LogP contribution in [0.1, 0.15) is 38.4 Å². The van der Waals surface area contributed by atoms with Crippen LogP contribution in [0.25, 0.3) is 0 Å². The Labute approximate surface area is 121 Å². The molecule has 1 aromatic heterocycles. The van der Waals surface area contributed by atoms with Crippen LogP contribution in [0, 0.1) is 11.8 Å². The molecule has 0 radical (unpaired) electrons. The van der Waals surface area contributed by atoms with Gasteiger partial charge >= 0.3 is 0 Å². The Morgan fingerprint density at radius 3 is 2.95 bits per heavy atom. The van der Waals surface area contributed by atoms with Gasteiger partial charge in [0.1, 0.15) is 0 Å². The van der Waals surface area contributed by atoms with E-state index in [-0.39, 0.29) is 12.4 Å². The Hall–Kier alpha value is -0.650. The molecule has 2 N–H and O–H groups in total. The lowest BCUT2D eigenvalue weighted by Gasteiger charge is -2.30. The highest BCUT2D eigenvalue weighted by atomic mass is 35.5. The molecule has 0 aliphatic carbocycles. The summed E-state index contributed by atoms with van der Waals surface area (Å²) in [5.41, 5.74) is 5.74. The quantitative estimate of drug-likeness (QED) is 0.896. The first-order valence-electron chi connectivity index (χ1n) is 6.91. The fourth-order valence-corrected chi connectivity index (χ4v) is 2.48. The molecule has 1 aliphatic heterocycles. The van der Waals surface area contributed by atoms with Crippen LogP contribution in [0.15, 0.2) is 4.52 Å². The highest BCUT2D eigenvalue weighted by Gasteiger charge is 2.20. The van der Waals surface area contributed by atoms with Crippen LogP contribution in [-0.2, 0) is 13.0 Å². The van der Waals surface area contributed by atoms with E-state index in [0.717, 1.165) is 44.3 Å². The van der Waals surface area contributed by atoms with Crippen molar-refractivity contribution in [3.63, 3.8) is 0 Å². The van der Waals surface area contributed by atoms with Crippen molar-refractivity contribution in [3.05, 3.63) is 11.7 Å². The van der Waals surface area contributed by atoms with E-state index in [2.05, 4.69) is 28.9 Å². The van der Waals surface area contributed by atoms with Gasteiger partial charge in [-0.1, -0.05) is 19.0 Å². The molecule has 1 aliphatic rings. The van der Waals surface area contributed by atoms with E-state index in [1.807, 2.05) is 0 Å². The molecule has 6 heteroatoms. The Kier molecular flexibility index (Phi) is 6.75. The highest BCUT2D eigenvalue weighted by Crippen LogP contribution is 2.17. The predicted octanol–water partition coefficient (Wildman–Crippen LogP) is 1.86. The number of hydrogen-bond acceptors (Lipinski definition) is 5. The predicted molar refractivity (Wildman–Crippen MR) is 77.1 cm³/mol. The third-order valence-corrected chi connectivity index (χ3v) is 3.40. The number of nitrogens with zero attached hydrogens (tertiary/aromatic N) is 3. The molecular formula is C13H25ClN4O. The number of rotatable bonds is 5. The van der Waals surface area contributed by atoms with Crippen LogP contribution in [-0.4, -0.2) is 34.7 Å². The van der Waals surface area contributed by atoms with Crippen LogP contribution >= 0.6 is 12.4 Å². The molecule has 1 unspecified atom stereocenters. The maximum Gasteiger partial charge on any atom is 0.240 e. The van der Waals surface area contributed by atoms with Gasteiger partial charge in [-0.25, -0.2) is 0 Å². The lowest BCUT2D eigenvalue weighted by molar-refractivity contribution is 0.153. The molecule has 110 valence electrons. The van der Waals surface area contributed by atoms with Crippen molar-refractivity contribution in [2.75, 3.05) is 19.6 Å². The van der Waals surface area contributed by atoms with Gasteiger partial charge in [-0.15, -0.1) is 12.4 Å². The van der Waals surface area contributed by atoms with Crippen molar-refractivity contribution >= 4 is 12.4 Å². The Morgan fingerprint density at radius 1 is 1.47 bits per heavy atom. The number of aromatic nitrogens is 2. The standard InChI is InChI=1S/C13H24N4O.ClH/c1-10(2)6-12-15-13(18-16-12)9-17-5-3-4-11(7-14)8-17;/h10-11H,3-9,14H2,1-2H3;1H. The number of hydrogen-bond donors (Lipinski definition) is 1. The van der Waals surface area contributed by atoms with Crippen molar-refractivity contribution in [1.29, 1.82) is 0 Å². The van der Waals surface area contributed by atoms with Crippen molar-refractivity contribution in [3.8, 4) is 0 Å². The minimum absolute atomic E-state index is 0. The van der Waals surface area contributed by atoms with Crippen LogP contribution in [0.2, 0.25) is 0 Å². The van der Waals surface area contributed by atoms with Gasteiger partial charge in [0, 0.05) is 13.0 Å². The van der Waals surface area contributed by atoms with E-state index in [4.69, 9.17) is 10.3 Å². The van der Waals surface area contributed by atoms with Crippen LogP contribution in [0.5, 0.6) is 0 Å². The second-order valence-electron chi connectivity index (χ2n) is 5.68. The zero-order valence-corrected chi connectivity index (χ0v) is 12.7. The average Bonchev–Trinajstić information content (AvgIpc) is 2.76. The van der Waals surface area contributed by atoms with Crippen LogP contribution in [0.3, 0.4) is 0 Å². The van der Waals surface area contributed by atoms with Gasteiger partial charge in [0.2, 0.25) is 5.89 Å². The molecule has 0 bridgehead atoms. The van der Waals surface area contributed by atoms with Gasteiger partial charge in [0.25, 0.3) is 0 Å². The molecule has 5 nitrogen and oxygen atoms in total. The minimum Gasteiger partial charge on any atom is -0.338 e. The molecule has 2 rings (SSSR count). The summed E-state index contributed by atoms with van der Waals surface area (Å²) in [6, 6.07) is 0. The van der Waals surface area contributed by atoms with E-state index < -0.39 is 0 Å². The second kappa shape index (κ2) is 7.82. The summed E-state index contributed by atoms with van der Waals surface area (Å²) >= 11 is 0. The molecular weight excluding hydrogens is 264 g/mol. The van der Waals surface area contributed by atoms with Crippen molar-refractivity contribution in [1.82, 2.24) is 15.0 Å². The third kappa shape index (κ3) is 5.09. The van der Waals surface area contributed by atoms with E-state index in [1.54, 1.807) is 0 Å². The van der Waals surface area contributed by atoms with Gasteiger partial charge < -0.3 is 10.3 Å². The molecule has 1 aromatic rings. The molecule has 2 heterocycles. The molecule has 19 heavy (non-hydrogen) atoms. The first-order valence-corrected chi connectivity index (χ1v) is 6.91. The summed E-state index contributed by atoms with van der Waals surface area (Å²) in [6.07, 6.45) is 3.35. The largest absolute Gasteiger partial charge is 0.338 e. The zero-order chi connectivity index (χ0) is 13.0. The number of halogens is 1. The van der Waals surface area contributed by atoms with Gasteiger partial charge in [-0.2, -0.15) is 4.98 Å². The summed E-state index contributed by atoms with van der Waals surface area (Å²) in [5.74, 6) is 2.75. The summed E-state index contributed by atoms with van der Waals surface area (Å²) in [6.45, 7) is 8.02. The lowest BCUT2D eigenvalue weighted by atomic mass is 9.98. The van der Waals surface area contributed by atoms with Gasteiger partial charge in [-0.05, 0) is 37.8 Å². The average molecular weight is 289 g/mol. The molecule has 0 amide bonds. The molecule has 1 saturated heterocycles. The van der Waals surface area contributed by atoms with Gasteiger partial charge in [0.15, 0.2) is 5.82 Å². The maximum atomic E-state index is 5.74. The number of nitrogens with two attached hydrogens (primary N) is 1. The fraction of sp³-hybridized carbons (Fsp3) is 0.846. The summed E-state index contributed by atoms with van der Waals surface area (Å²) in [5, 5.41) is 4.02. The Bertz CT molecular complexity index is 369. The van der Waals surface area contributed by atoms with E-state index in [0.29, 0.717) is 11.8 Å². The molecule has 0 aromatic carbocycles. The molecule has 1 fully saturated rings. The third-order valence-electron chi connectivity index (χ3n) is 3.40. The second-order valence-corrected chi connectivity index (χ2v) is 5.68. The summed E-state index contributed by atoms with van der Waals surface area (Å²) < 4.78 is 5.30. The van der Waals surface area contributed by atoms with E-state index in [9.17, 15) is 0 Å². The van der Waals surface area contributed by atoms with Crippen molar-refractivity contribution < 1.29 is 4.52 Å². The lowest BCUT2D eigenvalue weighted by Crippen LogP contribution is -2.37. The Morgan fingerprint density at radius 2 is 2.26 bits per heavy atom. The van der Waals surface area contributed by atoms with Crippen molar-refractivity contribution in [2.45, 2.75) is 39.7 Å². The molecule has 1 atom stereocenters. The first kappa shape index (κ1) is 16.4. The van der Waals surface area contributed by atoms with Gasteiger partial charge in [-0.3, -0.25) is 4.90 Å². The SMILES string of the molecule is CC(C)Cc1noc(CN2CCCC(CN)C2)n1.Cl. The topological polar surface area (TPSA) is 68.2 Å². The first-order chi connectivity index (χ1) is 8.67. The molecule has 0 spiro atoms. The van der Waals surface area contributed by atoms with Crippen molar-refractivity contribution in [2.24, 2.45) is 17.6 Å². The Balaban J connectivity index is 0.00000180. The van der Waals surface area contributed by atoms with E-state index in [1.165, 1.54) is 12.8 Å². The van der Waals surface area contributed by atoms with Crippen LogP contribution < -0.4 is 5.73 Å². The maximum absolute atomic E-state index is 5.74. The van der Waals surface area contributed by atoms with Gasteiger partial charge in [0.05, 0.1) is 6.54 Å². The van der Waals surface area contributed by atoms with E-state index >= 15 is 0 Å². The zero-order valence-electron chi connectivity index (χ0n) is 11.8. The smallest absolute Gasteiger partial charge is 0.240 e. The van der Waals surface area contributed by atoms with Crippen LogP contribution in [0.4, 0.5) is 0 Å². The summed E-state index contributed by atoms with van der Waals surface area (Å²) in [4.78, 5) is 6.81. The fourth-order valence-electron chi connectivity index (χ4n) is 2.48.